The highest BCUT2D eigenvalue weighted by atomic mass is 32.2. The molecule has 2 heterocycles. The van der Waals surface area contributed by atoms with E-state index in [2.05, 4.69) is 25.8 Å². The van der Waals surface area contributed by atoms with Crippen LogP contribution in [0.15, 0.2) is 52.8 Å². The van der Waals surface area contributed by atoms with Crippen LogP contribution in [-0.2, 0) is 4.79 Å². The van der Waals surface area contributed by atoms with Crippen LogP contribution >= 0.6 is 11.8 Å². The van der Waals surface area contributed by atoms with E-state index in [1.807, 2.05) is 0 Å². The van der Waals surface area contributed by atoms with Crippen molar-refractivity contribution in [2.24, 2.45) is 0 Å². The molecular formula is C14H11N7O3S. The number of aromatic nitrogens is 5. The maximum Gasteiger partial charge on any atom is 0.301 e. The molecule has 0 aliphatic rings. The van der Waals surface area contributed by atoms with E-state index < -0.39 is 4.92 Å². The number of tetrazole rings is 1. The first-order valence-corrected chi connectivity index (χ1v) is 7.80. The minimum atomic E-state index is -0.513. The van der Waals surface area contributed by atoms with Gasteiger partial charge in [-0.15, -0.1) is 5.10 Å². The third-order valence-electron chi connectivity index (χ3n) is 2.99. The SMILES string of the molecule is CC(=O)Nc1cccc(-n2nnnc2Sc2ncccc2[N+](=O)[O-])c1. The Labute approximate surface area is 145 Å². The number of benzene rings is 1. The van der Waals surface area contributed by atoms with E-state index in [4.69, 9.17) is 0 Å². The van der Waals surface area contributed by atoms with Crippen molar-refractivity contribution in [2.45, 2.75) is 17.1 Å². The summed E-state index contributed by atoms with van der Waals surface area (Å²) in [5.41, 5.74) is 1.05. The molecule has 0 unspecified atom stereocenters. The number of nitro groups is 1. The minimum Gasteiger partial charge on any atom is -0.326 e. The summed E-state index contributed by atoms with van der Waals surface area (Å²) in [7, 11) is 0. The van der Waals surface area contributed by atoms with Crippen LogP contribution in [0.2, 0.25) is 0 Å². The number of carbonyl (C=O) groups excluding carboxylic acids is 1. The topological polar surface area (TPSA) is 129 Å². The Kier molecular flexibility index (Phi) is 4.66. The number of amides is 1. The highest BCUT2D eigenvalue weighted by Crippen LogP contribution is 2.32. The second kappa shape index (κ2) is 7.05. The molecule has 2 aromatic heterocycles. The Balaban J connectivity index is 1.94. The van der Waals surface area contributed by atoms with E-state index in [0.29, 0.717) is 16.5 Å². The van der Waals surface area contributed by atoms with Crippen molar-refractivity contribution in [3.05, 3.63) is 52.7 Å². The van der Waals surface area contributed by atoms with Gasteiger partial charge in [-0.3, -0.25) is 14.9 Å². The maximum atomic E-state index is 11.2. The molecule has 3 aromatic rings. The van der Waals surface area contributed by atoms with Gasteiger partial charge in [0.1, 0.15) is 0 Å². The Hall–Kier alpha value is -3.34. The van der Waals surface area contributed by atoms with Crippen molar-refractivity contribution in [1.29, 1.82) is 0 Å². The Morgan fingerprint density at radius 1 is 1.32 bits per heavy atom. The number of nitrogens with one attached hydrogen (secondary N) is 1. The van der Waals surface area contributed by atoms with E-state index in [1.165, 1.54) is 29.9 Å². The molecule has 126 valence electrons. The average molecular weight is 357 g/mol. The van der Waals surface area contributed by atoms with Gasteiger partial charge in [0, 0.05) is 24.9 Å². The van der Waals surface area contributed by atoms with Crippen molar-refractivity contribution in [1.82, 2.24) is 25.2 Å². The number of rotatable bonds is 5. The largest absolute Gasteiger partial charge is 0.326 e. The predicted molar refractivity (Wildman–Crippen MR) is 88.5 cm³/mol. The fourth-order valence-electron chi connectivity index (χ4n) is 2.01. The van der Waals surface area contributed by atoms with E-state index in [9.17, 15) is 14.9 Å². The molecule has 0 saturated heterocycles. The quantitative estimate of drug-likeness (QED) is 0.543. The highest BCUT2D eigenvalue weighted by molar-refractivity contribution is 7.99. The lowest BCUT2D eigenvalue weighted by atomic mass is 10.3. The second-order valence-electron chi connectivity index (χ2n) is 4.79. The Morgan fingerprint density at radius 3 is 2.92 bits per heavy atom. The van der Waals surface area contributed by atoms with Gasteiger partial charge in [0.15, 0.2) is 5.03 Å². The summed E-state index contributed by atoms with van der Waals surface area (Å²) in [6.07, 6.45) is 1.46. The molecule has 0 radical (unpaired) electrons. The fraction of sp³-hybridized carbons (Fsp3) is 0.0714. The number of anilines is 1. The molecule has 11 heteroatoms. The van der Waals surface area contributed by atoms with Crippen LogP contribution in [0.25, 0.3) is 5.69 Å². The summed E-state index contributed by atoms with van der Waals surface area (Å²) in [6.45, 7) is 1.41. The summed E-state index contributed by atoms with van der Waals surface area (Å²) in [5, 5.41) is 25.7. The van der Waals surface area contributed by atoms with Gasteiger partial charge in [-0.1, -0.05) is 6.07 Å². The molecule has 0 saturated carbocycles. The van der Waals surface area contributed by atoms with Gasteiger partial charge in [0.2, 0.25) is 11.1 Å². The van der Waals surface area contributed by atoms with Crippen LogP contribution in [0, 0.1) is 10.1 Å². The van der Waals surface area contributed by atoms with Gasteiger partial charge in [-0.2, -0.15) is 4.68 Å². The minimum absolute atomic E-state index is 0.131. The molecule has 1 amide bonds. The predicted octanol–water partition coefficient (Wildman–Crippen LogP) is 2.08. The Morgan fingerprint density at radius 2 is 2.16 bits per heavy atom. The van der Waals surface area contributed by atoms with Crippen molar-refractivity contribution < 1.29 is 9.72 Å². The standard InChI is InChI=1S/C14H11N7O3S/c1-9(22)16-10-4-2-5-11(8-10)20-14(17-18-19-20)25-13-12(21(23)24)6-3-7-15-13/h2-8H,1H3,(H,16,22). The zero-order valence-corrected chi connectivity index (χ0v) is 13.7. The lowest BCUT2D eigenvalue weighted by Gasteiger charge is -2.07. The fourth-order valence-corrected chi connectivity index (χ4v) is 2.85. The highest BCUT2D eigenvalue weighted by Gasteiger charge is 2.19. The lowest BCUT2D eigenvalue weighted by molar-refractivity contribution is -0.388. The first-order valence-electron chi connectivity index (χ1n) is 6.98. The van der Waals surface area contributed by atoms with Gasteiger partial charge in [-0.05, 0) is 46.5 Å². The van der Waals surface area contributed by atoms with Crippen LogP contribution in [0.3, 0.4) is 0 Å². The van der Waals surface area contributed by atoms with Gasteiger partial charge >= 0.3 is 5.69 Å². The molecule has 1 aromatic carbocycles. The van der Waals surface area contributed by atoms with E-state index >= 15 is 0 Å². The number of pyridine rings is 1. The molecule has 0 bridgehead atoms. The van der Waals surface area contributed by atoms with Gasteiger partial charge in [0.05, 0.1) is 10.6 Å². The van der Waals surface area contributed by atoms with Crippen molar-refractivity contribution >= 4 is 29.0 Å². The average Bonchev–Trinajstić information content (AvgIpc) is 3.03. The summed E-state index contributed by atoms with van der Waals surface area (Å²) < 4.78 is 1.41. The molecule has 0 spiro atoms. The van der Waals surface area contributed by atoms with Crippen LogP contribution < -0.4 is 5.32 Å². The van der Waals surface area contributed by atoms with Crippen molar-refractivity contribution in [2.75, 3.05) is 5.32 Å². The zero-order valence-electron chi connectivity index (χ0n) is 12.9. The second-order valence-corrected chi connectivity index (χ2v) is 5.75. The third-order valence-corrected chi connectivity index (χ3v) is 3.93. The zero-order chi connectivity index (χ0) is 17.8. The number of carbonyl (C=O) groups is 1. The van der Waals surface area contributed by atoms with Crippen LogP contribution in [-0.4, -0.2) is 36.0 Å². The van der Waals surface area contributed by atoms with Crippen LogP contribution in [0.4, 0.5) is 11.4 Å². The third kappa shape index (κ3) is 3.77. The van der Waals surface area contributed by atoms with E-state index in [1.54, 1.807) is 24.3 Å². The summed E-state index contributed by atoms with van der Waals surface area (Å²) in [5.74, 6) is -0.201. The van der Waals surface area contributed by atoms with Crippen molar-refractivity contribution in [3.8, 4) is 5.69 Å². The molecule has 0 fully saturated rings. The smallest absolute Gasteiger partial charge is 0.301 e. The van der Waals surface area contributed by atoms with Gasteiger partial charge < -0.3 is 5.32 Å². The van der Waals surface area contributed by atoms with Crippen molar-refractivity contribution in [3.63, 3.8) is 0 Å². The lowest BCUT2D eigenvalue weighted by Crippen LogP contribution is -2.07. The monoisotopic (exact) mass is 357 g/mol. The normalized spacial score (nSPS) is 10.4. The maximum absolute atomic E-state index is 11.2. The first-order chi connectivity index (χ1) is 12.0. The van der Waals surface area contributed by atoms with E-state index in [-0.39, 0.29) is 16.6 Å². The molecule has 0 aliphatic heterocycles. The summed E-state index contributed by atoms with van der Waals surface area (Å²) >= 11 is 0.977. The van der Waals surface area contributed by atoms with E-state index in [0.717, 1.165) is 11.8 Å². The summed E-state index contributed by atoms with van der Waals surface area (Å²) in [6, 6.07) is 9.75. The molecule has 1 N–H and O–H groups in total. The molecule has 0 atom stereocenters. The number of hydrogen-bond donors (Lipinski definition) is 1. The van der Waals surface area contributed by atoms with Gasteiger partial charge in [-0.25, -0.2) is 4.98 Å². The number of hydrogen-bond acceptors (Lipinski definition) is 8. The number of nitrogens with zero attached hydrogens (tertiary/aromatic N) is 6. The van der Waals surface area contributed by atoms with Crippen LogP contribution in [0.5, 0.6) is 0 Å². The first kappa shape index (κ1) is 16.5. The molecular weight excluding hydrogens is 346 g/mol. The molecule has 25 heavy (non-hydrogen) atoms. The Bertz CT molecular complexity index is 943. The van der Waals surface area contributed by atoms with Gasteiger partial charge in [0.25, 0.3) is 0 Å². The van der Waals surface area contributed by atoms with Crippen LogP contribution in [0.1, 0.15) is 6.92 Å². The molecule has 10 nitrogen and oxygen atoms in total. The molecule has 0 aliphatic carbocycles. The molecule has 3 rings (SSSR count). The summed E-state index contributed by atoms with van der Waals surface area (Å²) in [4.78, 5) is 25.8.